The molecule has 4 nitrogen and oxygen atoms in total. The lowest BCUT2D eigenvalue weighted by Crippen LogP contribution is -1.91. The zero-order valence-corrected chi connectivity index (χ0v) is 11.6. The number of aromatic nitrogens is 3. The molecule has 3 rings (SSSR count). The van der Waals surface area contributed by atoms with Gasteiger partial charge in [-0.1, -0.05) is 35.9 Å². The van der Waals surface area contributed by atoms with Gasteiger partial charge < -0.3 is 5.73 Å². The van der Waals surface area contributed by atoms with Gasteiger partial charge in [-0.2, -0.15) is 5.10 Å². The van der Waals surface area contributed by atoms with Gasteiger partial charge in [0.2, 0.25) is 0 Å². The van der Waals surface area contributed by atoms with Crippen molar-refractivity contribution in [3.63, 3.8) is 0 Å². The molecule has 0 atom stereocenters. The Morgan fingerprint density at radius 1 is 1.15 bits per heavy atom. The molecule has 0 amide bonds. The lowest BCUT2D eigenvalue weighted by Gasteiger charge is -2.07. The number of aryl methyl sites for hydroxylation is 1. The average molecular weight is 285 g/mol. The molecule has 5 heteroatoms. The minimum atomic E-state index is 0.413. The molecule has 3 aromatic rings. The number of hydrogen-bond acceptors (Lipinski definition) is 3. The van der Waals surface area contributed by atoms with E-state index >= 15 is 0 Å². The first kappa shape index (κ1) is 12.7. The molecule has 3 N–H and O–H groups in total. The highest BCUT2D eigenvalue weighted by atomic mass is 35.5. The predicted octanol–water partition coefficient (Wildman–Crippen LogP) is 3.68. The number of halogens is 1. The molecule has 0 spiro atoms. The van der Waals surface area contributed by atoms with Gasteiger partial charge in [0.05, 0.1) is 22.0 Å². The van der Waals surface area contributed by atoms with Gasteiger partial charge >= 0.3 is 0 Å². The van der Waals surface area contributed by atoms with E-state index in [1.54, 1.807) is 6.20 Å². The van der Waals surface area contributed by atoms with Crippen molar-refractivity contribution < 1.29 is 0 Å². The van der Waals surface area contributed by atoms with E-state index in [0.29, 0.717) is 10.8 Å². The van der Waals surface area contributed by atoms with Crippen LogP contribution < -0.4 is 5.73 Å². The Morgan fingerprint density at radius 3 is 2.75 bits per heavy atom. The summed E-state index contributed by atoms with van der Waals surface area (Å²) in [5.74, 6) is 0.413. The van der Waals surface area contributed by atoms with Gasteiger partial charge in [0.25, 0.3) is 0 Å². The minimum absolute atomic E-state index is 0.413. The standard InChI is InChI=1S/C15H13ClN4/c1-9-5-4-6-10(13(9)16)14-12(15(17)20-19-14)11-7-2-3-8-18-11/h2-8H,1H3,(H3,17,19,20). The van der Waals surface area contributed by atoms with Crippen LogP contribution in [-0.2, 0) is 0 Å². The number of pyridine rings is 1. The van der Waals surface area contributed by atoms with E-state index in [4.69, 9.17) is 17.3 Å². The third-order valence-electron chi connectivity index (χ3n) is 3.18. The number of nitrogens with one attached hydrogen (secondary N) is 1. The first-order chi connectivity index (χ1) is 9.68. The van der Waals surface area contributed by atoms with Crippen molar-refractivity contribution in [1.29, 1.82) is 0 Å². The highest BCUT2D eigenvalue weighted by Crippen LogP contribution is 2.37. The summed E-state index contributed by atoms with van der Waals surface area (Å²) >= 11 is 6.39. The van der Waals surface area contributed by atoms with E-state index in [1.807, 2.05) is 43.3 Å². The second kappa shape index (κ2) is 4.98. The summed E-state index contributed by atoms with van der Waals surface area (Å²) in [6.07, 6.45) is 1.73. The summed E-state index contributed by atoms with van der Waals surface area (Å²) in [7, 11) is 0. The molecule has 20 heavy (non-hydrogen) atoms. The molecular weight excluding hydrogens is 272 g/mol. The van der Waals surface area contributed by atoms with Crippen LogP contribution in [-0.4, -0.2) is 15.2 Å². The van der Waals surface area contributed by atoms with Gasteiger partial charge in [-0.25, -0.2) is 0 Å². The summed E-state index contributed by atoms with van der Waals surface area (Å²) in [5, 5.41) is 7.74. The highest BCUT2D eigenvalue weighted by molar-refractivity contribution is 6.34. The van der Waals surface area contributed by atoms with Crippen LogP contribution in [0.5, 0.6) is 0 Å². The summed E-state index contributed by atoms with van der Waals surface area (Å²) in [5.41, 5.74) is 10.2. The molecule has 0 aliphatic heterocycles. The van der Waals surface area contributed by atoms with E-state index in [9.17, 15) is 0 Å². The first-order valence-corrected chi connectivity index (χ1v) is 6.57. The van der Waals surface area contributed by atoms with E-state index in [1.165, 1.54) is 0 Å². The third kappa shape index (κ3) is 2.04. The molecule has 0 saturated heterocycles. The third-order valence-corrected chi connectivity index (χ3v) is 3.68. The fraction of sp³-hybridized carbons (Fsp3) is 0.0667. The second-order valence-electron chi connectivity index (χ2n) is 4.51. The molecule has 0 saturated carbocycles. The van der Waals surface area contributed by atoms with Crippen molar-refractivity contribution in [1.82, 2.24) is 15.2 Å². The van der Waals surface area contributed by atoms with E-state index in [2.05, 4.69) is 15.2 Å². The Balaban J connectivity index is 2.24. The number of nitrogens with two attached hydrogens (primary N) is 1. The second-order valence-corrected chi connectivity index (χ2v) is 4.89. The number of nitrogens with zero attached hydrogens (tertiary/aromatic N) is 2. The zero-order chi connectivity index (χ0) is 14.1. The van der Waals surface area contributed by atoms with Crippen molar-refractivity contribution in [2.45, 2.75) is 6.92 Å². The Morgan fingerprint density at radius 2 is 2.00 bits per heavy atom. The largest absolute Gasteiger partial charge is 0.382 e. The molecule has 0 bridgehead atoms. The van der Waals surface area contributed by atoms with Crippen LogP contribution >= 0.6 is 11.6 Å². The molecule has 0 aliphatic carbocycles. The van der Waals surface area contributed by atoms with Crippen LogP contribution in [0.2, 0.25) is 5.02 Å². The number of rotatable bonds is 2. The van der Waals surface area contributed by atoms with E-state index < -0.39 is 0 Å². The van der Waals surface area contributed by atoms with Crippen LogP contribution in [0.4, 0.5) is 5.82 Å². The average Bonchev–Trinajstić information content (AvgIpc) is 2.84. The molecule has 2 aromatic heterocycles. The minimum Gasteiger partial charge on any atom is -0.382 e. The van der Waals surface area contributed by atoms with Crippen LogP contribution in [0.1, 0.15) is 5.56 Å². The molecule has 2 heterocycles. The molecule has 1 aromatic carbocycles. The van der Waals surface area contributed by atoms with Gasteiger partial charge in [0.1, 0.15) is 0 Å². The van der Waals surface area contributed by atoms with E-state index in [-0.39, 0.29) is 0 Å². The van der Waals surface area contributed by atoms with Crippen LogP contribution in [0, 0.1) is 6.92 Å². The monoisotopic (exact) mass is 284 g/mol. The summed E-state index contributed by atoms with van der Waals surface area (Å²) in [4.78, 5) is 4.34. The van der Waals surface area contributed by atoms with Crippen LogP contribution in [0.15, 0.2) is 42.6 Å². The quantitative estimate of drug-likeness (QED) is 0.754. The van der Waals surface area contributed by atoms with Gasteiger partial charge in [-0.3, -0.25) is 10.1 Å². The van der Waals surface area contributed by atoms with Gasteiger partial charge in [0.15, 0.2) is 5.82 Å². The molecule has 0 radical (unpaired) electrons. The SMILES string of the molecule is Cc1cccc(-c2[nH]nc(N)c2-c2ccccn2)c1Cl. The fourth-order valence-electron chi connectivity index (χ4n) is 2.16. The summed E-state index contributed by atoms with van der Waals surface area (Å²) in [6.45, 7) is 1.96. The maximum absolute atomic E-state index is 6.39. The number of H-pyrrole nitrogens is 1. The molecule has 100 valence electrons. The number of anilines is 1. The van der Waals surface area contributed by atoms with Crippen molar-refractivity contribution in [2.75, 3.05) is 5.73 Å². The topological polar surface area (TPSA) is 67.6 Å². The molecular formula is C15H13ClN4. The Labute approximate surface area is 121 Å². The Kier molecular flexibility index (Phi) is 3.16. The lowest BCUT2D eigenvalue weighted by atomic mass is 10.0. The number of aromatic amines is 1. The van der Waals surface area contributed by atoms with Crippen molar-refractivity contribution in [3.05, 3.63) is 53.2 Å². The molecule has 0 aliphatic rings. The lowest BCUT2D eigenvalue weighted by molar-refractivity contribution is 1.10. The Hall–Kier alpha value is -2.33. The predicted molar refractivity (Wildman–Crippen MR) is 81.4 cm³/mol. The molecule has 0 fully saturated rings. The number of nitrogen functional groups attached to an aromatic ring is 1. The Bertz CT molecular complexity index is 750. The van der Waals surface area contributed by atoms with Crippen molar-refractivity contribution in [3.8, 4) is 22.5 Å². The highest BCUT2D eigenvalue weighted by Gasteiger charge is 2.18. The van der Waals surface area contributed by atoms with Gasteiger partial charge in [0, 0.05) is 11.8 Å². The maximum Gasteiger partial charge on any atom is 0.155 e. The smallest absolute Gasteiger partial charge is 0.155 e. The maximum atomic E-state index is 6.39. The van der Waals surface area contributed by atoms with Crippen LogP contribution in [0.25, 0.3) is 22.5 Å². The first-order valence-electron chi connectivity index (χ1n) is 6.19. The normalized spacial score (nSPS) is 10.7. The van der Waals surface area contributed by atoms with Crippen LogP contribution in [0.3, 0.4) is 0 Å². The summed E-state index contributed by atoms with van der Waals surface area (Å²) < 4.78 is 0. The number of benzene rings is 1. The van der Waals surface area contributed by atoms with Gasteiger partial charge in [-0.05, 0) is 24.6 Å². The molecule has 0 unspecified atom stereocenters. The number of hydrogen-bond donors (Lipinski definition) is 2. The van der Waals surface area contributed by atoms with E-state index in [0.717, 1.165) is 28.1 Å². The zero-order valence-electron chi connectivity index (χ0n) is 10.9. The van der Waals surface area contributed by atoms with Gasteiger partial charge in [-0.15, -0.1) is 0 Å². The fourth-order valence-corrected chi connectivity index (χ4v) is 2.38. The van der Waals surface area contributed by atoms with Crippen molar-refractivity contribution >= 4 is 17.4 Å². The van der Waals surface area contributed by atoms with Crippen molar-refractivity contribution in [2.24, 2.45) is 0 Å². The summed E-state index contributed by atoms with van der Waals surface area (Å²) in [6, 6.07) is 11.5.